The fraction of sp³-hybridized carbons (Fsp3) is 0.600. The number of rotatable bonds is 4. The lowest BCUT2D eigenvalue weighted by Gasteiger charge is -2.28. The average Bonchev–Trinajstić information content (AvgIpc) is 2.73. The molecule has 2 nitrogen and oxygen atoms in total. The standard InChI is InChI=1S/C15H23FN2/c1-3-14-8-7-11(2)18(14)10-13-6-4-5-12(9-17)15(13)16/h4-6,11,14H,3,7-10,17H2,1-2H3. The highest BCUT2D eigenvalue weighted by molar-refractivity contribution is 5.26. The summed E-state index contributed by atoms with van der Waals surface area (Å²) in [5.41, 5.74) is 6.96. The molecule has 2 N–H and O–H groups in total. The first-order valence-electron chi connectivity index (χ1n) is 6.89. The molecule has 0 bridgehead atoms. The maximum atomic E-state index is 14.2. The molecule has 1 aliphatic heterocycles. The van der Waals surface area contributed by atoms with Gasteiger partial charge < -0.3 is 5.73 Å². The molecule has 1 aromatic rings. The number of hydrogen-bond acceptors (Lipinski definition) is 2. The highest BCUT2D eigenvalue weighted by atomic mass is 19.1. The molecular formula is C15H23FN2. The van der Waals surface area contributed by atoms with Crippen molar-refractivity contribution < 1.29 is 4.39 Å². The van der Waals surface area contributed by atoms with Gasteiger partial charge in [-0.2, -0.15) is 0 Å². The van der Waals surface area contributed by atoms with Crippen LogP contribution in [0.25, 0.3) is 0 Å². The second kappa shape index (κ2) is 5.81. The van der Waals surface area contributed by atoms with Crippen molar-refractivity contribution in [1.29, 1.82) is 0 Å². The molecule has 1 saturated heterocycles. The van der Waals surface area contributed by atoms with Crippen molar-refractivity contribution in [3.05, 3.63) is 35.1 Å². The molecule has 2 atom stereocenters. The Morgan fingerprint density at radius 3 is 2.72 bits per heavy atom. The molecule has 3 heteroatoms. The van der Waals surface area contributed by atoms with Crippen LogP contribution in [0.4, 0.5) is 4.39 Å². The van der Waals surface area contributed by atoms with E-state index in [1.807, 2.05) is 12.1 Å². The first kappa shape index (κ1) is 13.5. The number of hydrogen-bond donors (Lipinski definition) is 1. The predicted molar refractivity (Wildman–Crippen MR) is 72.6 cm³/mol. The Kier molecular flexibility index (Phi) is 4.36. The lowest BCUT2D eigenvalue weighted by atomic mass is 10.1. The van der Waals surface area contributed by atoms with Crippen LogP contribution in [0.2, 0.25) is 0 Å². The first-order chi connectivity index (χ1) is 8.67. The summed E-state index contributed by atoms with van der Waals surface area (Å²) in [6.45, 7) is 5.43. The lowest BCUT2D eigenvalue weighted by molar-refractivity contribution is 0.187. The van der Waals surface area contributed by atoms with Gasteiger partial charge in [0.1, 0.15) is 5.82 Å². The molecule has 0 spiro atoms. The smallest absolute Gasteiger partial charge is 0.132 e. The summed E-state index contributed by atoms with van der Waals surface area (Å²) in [4.78, 5) is 2.43. The maximum Gasteiger partial charge on any atom is 0.132 e. The van der Waals surface area contributed by atoms with E-state index in [0.29, 0.717) is 24.2 Å². The zero-order valence-electron chi connectivity index (χ0n) is 11.3. The van der Waals surface area contributed by atoms with Crippen molar-refractivity contribution in [3.63, 3.8) is 0 Å². The van der Waals surface area contributed by atoms with Crippen molar-refractivity contribution in [2.45, 2.75) is 58.3 Å². The number of benzene rings is 1. The van der Waals surface area contributed by atoms with Crippen LogP contribution in [0.5, 0.6) is 0 Å². The Bertz CT molecular complexity index is 405. The Hall–Kier alpha value is -0.930. The van der Waals surface area contributed by atoms with Crippen molar-refractivity contribution in [2.75, 3.05) is 0 Å². The molecule has 100 valence electrons. The second-order valence-corrected chi connectivity index (χ2v) is 5.26. The Balaban J connectivity index is 2.18. The van der Waals surface area contributed by atoms with Gasteiger partial charge in [-0.05, 0) is 26.2 Å². The molecule has 0 aromatic heterocycles. The van der Waals surface area contributed by atoms with E-state index in [0.717, 1.165) is 12.0 Å². The zero-order chi connectivity index (χ0) is 13.1. The van der Waals surface area contributed by atoms with E-state index in [1.165, 1.54) is 12.8 Å². The summed E-state index contributed by atoms with van der Waals surface area (Å²) in [5.74, 6) is -0.117. The quantitative estimate of drug-likeness (QED) is 0.890. The van der Waals surface area contributed by atoms with Crippen LogP contribution in [0.3, 0.4) is 0 Å². The predicted octanol–water partition coefficient (Wildman–Crippen LogP) is 3.05. The molecule has 1 aromatic carbocycles. The molecule has 2 rings (SSSR count). The normalized spacial score (nSPS) is 24.7. The van der Waals surface area contributed by atoms with Crippen molar-refractivity contribution in [2.24, 2.45) is 5.73 Å². The molecule has 1 heterocycles. The summed E-state index contributed by atoms with van der Waals surface area (Å²) in [6, 6.07) is 6.70. The van der Waals surface area contributed by atoms with Crippen molar-refractivity contribution >= 4 is 0 Å². The maximum absolute atomic E-state index is 14.2. The largest absolute Gasteiger partial charge is 0.326 e. The van der Waals surface area contributed by atoms with Crippen LogP contribution >= 0.6 is 0 Å². The summed E-state index contributed by atoms with van der Waals surface area (Å²) in [7, 11) is 0. The van der Waals surface area contributed by atoms with Gasteiger partial charge in [0.05, 0.1) is 0 Å². The van der Waals surface area contributed by atoms with Gasteiger partial charge >= 0.3 is 0 Å². The third-order valence-corrected chi connectivity index (χ3v) is 4.16. The van der Waals surface area contributed by atoms with Crippen LogP contribution in [-0.2, 0) is 13.1 Å². The van der Waals surface area contributed by atoms with Crippen molar-refractivity contribution in [3.8, 4) is 0 Å². The minimum atomic E-state index is -0.117. The van der Waals surface area contributed by atoms with Gasteiger partial charge in [0, 0.05) is 36.3 Å². The van der Waals surface area contributed by atoms with Crippen LogP contribution in [-0.4, -0.2) is 17.0 Å². The topological polar surface area (TPSA) is 29.3 Å². The monoisotopic (exact) mass is 250 g/mol. The SMILES string of the molecule is CCC1CCC(C)N1Cc1cccc(CN)c1F. The average molecular weight is 250 g/mol. The highest BCUT2D eigenvalue weighted by Gasteiger charge is 2.29. The van der Waals surface area contributed by atoms with Gasteiger partial charge in [-0.25, -0.2) is 4.39 Å². The van der Waals surface area contributed by atoms with Crippen LogP contribution < -0.4 is 5.73 Å². The third-order valence-electron chi connectivity index (χ3n) is 4.16. The third kappa shape index (κ3) is 2.57. The number of nitrogens with zero attached hydrogens (tertiary/aromatic N) is 1. The van der Waals surface area contributed by atoms with E-state index in [1.54, 1.807) is 6.07 Å². The molecule has 0 saturated carbocycles. The van der Waals surface area contributed by atoms with Crippen LogP contribution in [0.1, 0.15) is 44.2 Å². The van der Waals surface area contributed by atoms with E-state index in [-0.39, 0.29) is 12.4 Å². The van der Waals surface area contributed by atoms with E-state index in [4.69, 9.17) is 5.73 Å². The minimum Gasteiger partial charge on any atom is -0.326 e. The van der Waals surface area contributed by atoms with Crippen LogP contribution in [0, 0.1) is 5.82 Å². The van der Waals surface area contributed by atoms with E-state index in [9.17, 15) is 4.39 Å². The van der Waals surface area contributed by atoms with Gasteiger partial charge in [-0.3, -0.25) is 4.90 Å². The summed E-state index contributed by atoms with van der Waals surface area (Å²) in [6.07, 6.45) is 3.59. The summed E-state index contributed by atoms with van der Waals surface area (Å²) in [5, 5.41) is 0. The minimum absolute atomic E-state index is 0.117. The molecule has 1 fully saturated rings. The fourth-order valence-electron chi connectivity index (χ4n) is 2.96. The van der Waals surface area contributed by atoms with E-state index in [2.05, 4.69) is 18.7 Å². The number of halogens is 1. The zero-order valence-corrected chi connectivity index (χ0v) is 11.3. The molecular weight excluding hydrogens is 227 g/mol. The van der Waals surface area contributed by atoms with Gasteiger partial charge in [-0.1, -0.05) is 25.1 Å². The number of likely N-dealkylation sites (tertiary alicyclic amines) is 1. The Morgan fingerprint density at radius 1 is 1.33 bits per heavy atom. The number of nitrogens with two attached hydrogens (primary N) is 1. The van der Waals surface area contributed by atoms with Gasteiger partial charge in [-0.15, -0.1) is 0 Å². The molecule has 0 aliphatic carbocycles. The molecule has 0 amide bonds. The van der Waals surface area contributed by atoms with E-state index >= 15 is 0 Å². The second-order valence-electron chi connectivity index (χ2n) is 5.26. The first-order valence-corrected chi connectivity index (χ1v) is 6.89. The van der Waals surface area contributed by atoms with Crippen LogP contribution in [0.15, 0.2) is 18.2 Å². The van der Waals surface area contributed by atoms with Gasteiger partial charge in [0.2, 0.25) is 0 Å². The molecule has 1 aliphatic rings. The summed E-state index contributed by atoms with van der Waals surface area (Å²) >= 11 is 0. The van der Waals surface area contributed by atoms with Gasteiger partial charge in [0.15, 0.2) is 0 Å². The molecule has 0 radical (unpaired) electrons. The molecule has 18 heavy (non-hydrogen) atoms. The van der Waals surface area contributed by atoms with Crippen molar-refractivity contribution in [1.82, 2.24) is 4.90 Å². The fourth-order valence-corrected chi connectivity index (χ4v) is 2.96. The summed E-state index contributed by atoms with van der Waals surface area (Å²) < 4.78 is 14.2. The Labute approximate surface area is 109 Å². The Morgan fingerprint density at radius 2 is 2.06 bits per heavy atom. The van der Waals surface area contributed by atoms with Gasteiger partial charge in [0.25, 0.3) is 0 Å². The lowest BCUT2D eigenvalue weighted by Crippen LogP contribution is -2.33. The van der Waals surface area contributed by atoms with E-state index < -0.39 is 0 Å². The highest BCUT2D eigenvalue weighted by Crippen LogP contribution is 2.28. The molecule has 2 unspecified atom stereocenters.